The number of anilines is 2. The third-order valence-electron chi connectivity index (χ3n) is 4.86. The maximum atomic E-state index is 13.8. The van der Waals surface area contributed by atoms with E-state index < -0.39 is 15.8 Å². The van der Waals surface area contributed by atoms with Gasteiger partial charge in [0, 0.05) is 17.8 Å². The van der Waals surface area contributed by atoms with Crippen LogP contribution in [-0.2, 0) is 16.4 Å². The fourth-order valence-corrected chi connectivity index (χ4v) is 4.55. The second-order valence-corrected chi connectivity index (χ2v) is 8.48. The largest absolute Gasteiger partial charge is 0.308 e. The number of carbonyl (C=O) groups excluding carboxylic acids is 1. The van der Waals surface area contributed by atoms with Crippen LogP contribution < -0.4 is 9.62 Å². The van der Waals surface area contributed by atoms with Gasteiger partial charge in [-0.05, 0) is 60.9 Å². The average Bonchev–Trinajstić information content (AvgIpc) is 2.74. The molecule has 3 aromatic carbocycles. The summed E-state index contributed by atoms with van der Waals surface area (Å²) in [4.78, 5) is 14.6. The highest BCUT2D eigenvalue weighted by molar-refractivity contribution is 7.92. The van der Waals surface area contributed by atoms with Gasteiger partial charge in [0.25, 0.3) is 15.9 Å². The Morgan fingerprint density at radius 3 is 2.45 bits per heavy atom. The fourth-order valence-electron chi connectivity index (χ4n) is 3.44. The number of halogens is 1. The van der Waals surface area contributed by atoms with E-state index in [1.165, 1.54) is 24.3 Å². The van der Waals surface area contributed by atoms with Crippen molar-refractivity contribution >= 4 is 27.3 Å². The van der Waals surface area contributed by atoms with E-state index in [2.05, 4.69) is 4.72 Å². The zero-order chi connectivity index (χ0) is 20.4. The van der Waals surface area contributed by atoms with Gasteiger partial charge in [0.05, 0.1) is 10.6 Å². The summed E-state index contributed by atoms with van der Waals surface area (Å²) in [7, 11) is -3.95. The molecule has 5 nitrogen and oxygen atoms in total. The molecule has 0 aliphatic carbocycles. The maximum Gasteiger partial charge on any atom is 0.261 e. The van der Waals surface area contributed by atoms with Crippen molar-refractivity contribution in [2.24, 2.45) is 0 Å². The lowest BCUT2D eigenvalue weighted by Gasteiger charge is -2.30. The van der Waals surface area contributed by atoms with Crippen molar-refractivity contribution in [3.05, 3.63) is 89.7 Å². The molecule has 0 saturated carbocycles. The minimum atomic E-state index is -3.95. The Morgan fingerprint density at radius 2 is 1.69 bits per heavy atom. The number of hydrogen-bond acceptors (Lipinski definition) is 3. The summed E-state index contributed by atoms with van der Waals surface area (Å²) in [5.74, 6) is -0.764. The van der Waals surface area contributed by atoms with Crippen LogP contribution in [0.1, 0.15) is 22.3 Å². The van der Waals surface area contributed by atoms with E-state index in [-0.39, 0.29) is 16.5 Å². The highest BCUT2D eigenvalue weighted by Crippen LogP contribution is 2.31. The van der Waals surface area contributed by atoms with Gasteiger partial charge in [-0.25, -0.2) is 12.8 Å². The first-order valence-corrected chi connectivity index (χ1v) is 10.7. The first-order chi connectivity index (χ1) is 14.0. The number of aryl methyl sites for hydroxylation is 1. The Balaban J connectivity index is 1.65. The highest BCUT2D eigenvalue weighted by Gasteiger charge is 2.26. The van der Waals surface area contributed by atoms with Crippen LogP contribution >= 0.6 is 0 Å². The molecule has 1 aliphatic heterocycles. The summed E-state index contributed by atoms with van der Waals surface area (Å²) < 4.78 is 41.6. The lowest BCUT2D eigenvalue weighted by atomic mass is 10.0. The second kappa shape index (κ2) is 7.67. The van der Waals surface area contributed by atoms with E-state index in [9.17, 15) is 17.6 Å². The first kappa shape index (κ1) is 19.1. The molecule has 0 aromatic heterocycles. The van der Waals surface area contributed by atoms with E-state index in [1.807, 2.05) is 18.2 Å². The predicted molar refractivity (Wildman–Crippen MR) is 110 cm³/mol. The molecular weight excluding hydrogens is 391 g/mol. The Kier molecular flexibility index (Phi) is 5.07. The van der Waals surface area contributed by atoms with E-state index in [1.54, 1.807) is 35.2 Å². The van der Waals surface area contributed by atoms with Crippen molar-refractivity contribution in [3.8, 4) is 0 Å². The monoisotopic (exact) mass is 410 g/mol. The molecule has 148 valence electrons. The molecule has 29 heavy (non-hydrogen) atoms. The SMILES string of the molecule is O=C(c1ccccc1)N1CCCc2cc(S(=O)(=O)Nc3ccccc3F)ccc21. The molecular formula is C22H19FN2O3S. The van der Waals surface area contributed by atoms with Gasteiger partial charge in [-0.1, -0.05) is 30.3 Å². The van der Waals surface area contributed by atoms with Crippen molar-refractivity contribution in [2.45, 2.75) is 17.7 Å². The first-order valence-electron chi connectivity index (χ1n) is 9.23. The standard InChI is InChI=1S/C22H19FN2O3S/c23-19-10-4-5-11-20(19)24-29(27,28)18-12-13-21-17(15-18)9-6-14-25(21)22(26)16-7-2-1-3-8-16/h1-5,7-8,10-13,15,24H,6,9,14H2. The molecule has 1 heterocycles. The Hall–Kier alpha value is -3.19. The maximum absolute atomic E-state index is 13.8. The quantitative estimate of drug-likeness (QED) is 0.700. The van der Waals surface area contributed by atoms with Crippen molar-refractivity contribution in [1.82, 2.24) is 0 Å². The molecule has 0 saturated heterocycles. The molecule has 7 heteroatoms. The highest BCUT2D eigenvalue weighted by atomic mass is 32.2. The number of rotatable bonds is 4. The molecule has 4 rings (SSSR count). The minimum absolute atomic E-state index is 0.0357. The predicted octanol–water partition coefficient (Wildman–Crippen LogP) is 4.22. The normalized spacial score (nSPS) is 13.6. The van der Waals surface area contributed by atoms with Crippen LogP contribution in [0.2, 0.25) is 0 Å². The zero-order valence-corrected chi connectivity index (χ0v) is 16.3. The van der Waals surface area contributed by atoms with Gasteiger partial charge < -0.3 is 4.90 Å². The Labute approximate surface area is 168 Å². The van der Waals surface area contributed by atoms with Crippen LogP contribution in [0.15, 0.2) is 77.7 Å². The lowest BCUT2D eigenvalue weighted by molar-refractivity contribution is 0.0985. The smallest absolute Gasteiger partial charge is 0.261 e. The van der Waals surface area contributed by atoms with Gasteiger partial charge >= 0.3 is 0 Å². The van der Waals surface area contributed by atoms with Gasteiger partial charge in [-0.2, -0.15) is 0 Å². The molecule has 1 aliphatic rings. The summed E-state index contributed by atoms with van der Waals surface area (Å²) >= 11 is 0. The van der Waals surface area contributed by atoms with Crippen LogP contribution in [0.3, 0.4) is 0 Å². The van der Waals surface area contributed by atoms with Crippen LogP contribution in [-0.4, -0.2) is 20.9 Å². The molecule has 0 radical (unpaired) electrons. The average molecular weight is 410 g/mol. The number of amides is 1. The number of para-hydroxylation sites is 1. The number of fused-ring (bicyclic) bond motifs is 1. The summed E-state index contributed by atoms with van der Waals surface area (Å²) in [5, 5.41) is 0. The second-order valence-electron chi connectivity index (χ2n) is 6.80. The minimum Gasteiger partial charge on any atom is -0.308 e. The Morgan fingerprint density at radius 1 is 0.966 bits per heavy atom. The van der Waals surface area contributed by atoms with Crippen molar-refractivity contribution in [2.75, 3.05) is 16.2 Å². The fraction of sp³-hybridized carbons (Fsp3) is 0.136. The van der Waals surface area contributed by atoms with Crippen LogP contribution in [0.5, 0.6) is 0 Å². The molecule has 0 bridgehead atoms. The van der Waals surface area contributed by atoms with Crippen molar-refractivity contribution in [1.29, 1.82) is 0 Å². The van der Waals surface area contributed by atoms with Crippen LogP contribution in [0.4, 0.5) is 15.8 Å². The number of nitrogens with one attached hydrogen (secondary N) is 1. The van der Waals surface area contributed by atoms with Crippen molar-refractivity contribution < 1.29 is 17.6 Å². The van der Waals surface area contributed by atoms with Gasteiger partial charge in [0.15, 0.2) is 0 Å². The summed E-state index contributed by atoms with van der Waals surface area (Å²) in [5.41, 5.74) is 1.95. The van der Waals surface area contributed by atoms with Crippen molar-refractivity contribution in [3.63, 3.8) is 0 Å². The molecule has 0 atom stereocenters. The van der Waals surface area contributed by atoms with Crippen LogP contribution in [0.25, 0.3) is 0 Å². The van der Waals surface area contributed by atoms with Gasteiger partial charge in [-0.3, -0.25) is 9.52 Å². The van der Waals surface area contributed by atoms with Gasteiger partial charge in [0.2, 0.25) is 0 Å². The van der Waals surface area contributed by atoms with E-state index in [0.29, 0.717) is 24.2 Å². The number of sulfonamides is 1. The molecule has 3 aromatic rings. The zero-order valence-electron chi connectivity index (χ0n) is 15.5. The number of hydrogen-bond donors (Lipinski definition) is 1. The van der Waals surface area contributed by atoms with Gasteiger partial charge in [-0.15, -0.1) is 0 Å². The third-order valence-corrected chi connectivity index (χ3v) is 6.23. The summed E-state index contributed by atoms with van der Waals surface area (Å²) in [6.07, 6.45) is 1.40. The van der Waals surface area contributed by atoms with Gasteiger partial charge in [0.1, 0.15) is 5.82 Å². The molecule has 1 N–H and O–H groups in total. The number of benzene rings is 3. The Bertz CT molecular complexity index is 1160. The van der Waals surface area contributed by atoms with E-state index in [0.717, 1.165) is 12.0 Å². The molecule has 1 amide bonds. The molecule has 0 spiro atoms. The number of carbonyl (C=O) groups is 1. The topological polar surface area (TPSA) is 66.5 Å². The van der Waals surface area contributed by atoms with E-state index >= 15 is 0 Å². The van der Waals surface area contributed by atoms with E-state index in [4.69, 9.17) is 0 Å². The summed E-state index contributed by atoms with van der Waals surface area (Å²) in [6, 6.07) is 19.2. The third kappa shape index (κ3) is 3.86. The molecule has 0 unspecified atom stereocenters. The van der Waals surface area contributed by atoms with Crippen LogP contribution in [0, 0.1) is 5.82 Å². The number of nitrogens with zero attached hydrogens (tertiary/aromatic N) is 1. The summed E-state index contributed by atoms with van der Waals surface area (Å²) in [6.45, 7) is 0.570. The lowest BCUT2D eigenvalue weighted by Crippen LogP contribution is -2.35. The molecule has 0 fully saturated rings.